The fraction of sp³-hybridized carbons (Fsp3) is 1.00. The summed E-state index contributed by atoms with van der Waals surface area (Å²) < 4.78 is 4.83. The summed E-state index contributed by atoms with van der Waals surface area (Å²) in [5.41, 5.74) is 0. The topological polar surface area (TPSA) is 0 Å². The van der Waals surface area contributed by atoms with Crippen molar-refractivity contribution in [3.05, 3.63) is 0 Å². The van der Waals surface area contributed by atoms with E-state index in [9.17, 15) is 0 Å². The molecule has 0 unspecified atom stereocenters. The molecule has 0 N–H and O–H groups in total. The van der Waals surface area contributed by atoms with Crippen molar-refractivity contribution in [1.82, 2.24) is 0 Å². The van der Waals surface area contributed by atoms with Crippen LogP contribution in [0.25, 0.3) is 0 Å². The third-order valence-corrected chi connectivity index (χ3v) is 12.6. The Morgan fingerprint density at radius 1 is 0.556 bits per heavy atom. The number of hydrogen-bond acceptors (Lipinski definition) is 0. The Kier molecular flexibility index (Phi) is 21.5. The second-order valence-electron chi connectivity index (χ2n) is 5.39. The van der Waals surface area contributed by atoms with Gasteiger partial charge in [-0.2, -0.15) is 0 Å². The van der Waals surface area contributed by atoms with Crippen molar-refractivity contribution in [3.63, 3.8) is 0 Å². The number of halogens is 1. The first kappa shape index (κ1) is 21.4. The van der Waals surface area contributed by atoms with E-state index in [2.05, 4.69) is 20.8 Å². The summed E-state index contributed by atoms with van der Waals surface area (Å²) in [6.45, 7) is 7.15. The third-order valence-electron chi connectivity index (χ3n) is 3.88. The molecule has 0 aromatic rings. The summed E-state index contributed by atoms with van der Waals surface area (Å²) in [5, 5.41) is 0. The summed E-state index contributed by atoms with van der Waals surface area (Å²) >= 11 is -0.800. The van der Waals surface area contributed by atoms with Gasteiger partial charge in [0, 0.05) is 0 Å². The van der Waals surface area contributed by atoms with E-state index >= 15 is 0 Å². The summed E-state index contributed by atoms with van der Waals surface area (Å²) in [4.78, 5) is 0. The fourth-order valence-corrected chi connectivity index (χ4v) is 8.05. The summed E-state index contributed by atoms with van der Waals surface area (Å²) in [7, 11) is 0. The van der Waals surface area contributed by atoms with Gasteiger partial charge in [0.2, 0.25) is 0 Å². The van der Waals surface area contributed by atoms with E-state index in [0.717, 1.165) is 0 Å². The van der Waals surface area contributed by atoms with Crippen LogP contribution in [0.15, 0.2) is 0 Å². The Morgan fingerprint density at radius 3 is 1.33 bits per heavy atom. The molecule has 0 rings (SSSR count). The van der Waals surface area contributed by atoms with Crippen molar-refractivity contribution < 1.29 is 0 Å². The predicted octanol–water partition coefficient (Wildman–Crippen LogP) is 6.86. The molecular formula is C16H36ClSn. The van der Waals surface area contributed by atoms with E-state index in [-0.39, 0.29) is 12.4 Å². The monoisotopic (exact) mass is 383 g/mol. The van der Waals surface area contributed by atoms with Crippen molar-refractivity contribution in [2.75, 3.05) is 0 Å². The summed E-state index contributed by atoms with van der Waals surface area (Å²) in [6.07, 6.45) is 14.9. The van der Waals surface area contributed by atoms with E-state index in [0.29, 0.717) is 0 Å². The van der Waals surface area contributed by atoms with Gasteiger partial charge >= 0.3 is 118 Å². The fourth-order valence-electron chi connectivity index (χ4n) is 2.47. The maximum absolute atomic E-state index is 2.43. The molecule has 2 heteroatoms. The van der Waals surface area contributed by atoms with Gasteiger partial charge in [0.15, 0.2) is 0 Å². The van der Waals surface area contributed by atoms with Crippen LogP contribution in [0.2, 0.25) is 13.3 Å². The standard InChI is InChI=1S/C12H25.2C2H5.ClH.Sn/c1-3-5-7-9-11-12-10-8-6-4-2;2*1-2;;/h1,3-12H2,2H3;2*1H2,2H3;1H;. The molecule has 0 atom stereocenters. The third kappa shape index (κ3) is 15.1. The first-order valence-corrected chi connectivity index (χ1v) is 14.2. The van der Waals surface area contributed by atoms with Gasteiger partial charge in [-0.1, -0.05) is 0 Å². The molecule has 111 valence electrons. The molecule has 0 saturated heterocycles. The molecular weight excluding hydrogens is 346 g/mol. The summed E-state index contributed by atoms with van der Waals surface area (Å²) in [5.74, 6) is 0. The van der Waals surface area contributed by atoms with E-state index in [1.165, 1.54) is 57.8 Å². The molecule has 0 aromatic carbocycles. The first-order valence-electron chi connectivity index (χ1n) is 8.18. The van der Waals surface area contributed by atoms with E-state index in [1.54, 1.807) is 19.7 Å². The van der Waals surface area contributed by atoms with Crippen molar-refractivity contribution in [3.8, 4) is 0 Å². The first-order chi connectivity index (χ1) is 8.35. The average Bonchev–Trinajstić information content (AvgIpc) is 2.36. The SMILES string of the molecule is CCCCCCCCCCC[CH2][Sn]([CH2]C)[CH2]C.Cl. The van der Waals surface area contributed by atoms with E-state index in [4.69, 9.17) is 0 Å². The molecule has 0 nitrogen and oxygen atoms in total. The molecule has 0 aromatic heterocycles. The predicted molar refractivity (Wildman–Crippen MR) is 90.6 cm³/mol. The van der Waals surface area contributed by atoms with Crippen LogP contribution in [0.5, 0.6) is 0 Å². The molecule has 0 heterocycles. The minimum atomic E-state index is -0.800. The smallest absolute Gasteiger partial charge is 0.147 e. The molecule has 0 fully saturated rings. The molecule has 18 heavy (non-hydrogen) atoms. The Labute approximate surface area is 130 Å². The van der Waals surface area contributed by atoms with Crippen LogP contribution in [0.1, 0.15) is 85.0 Å². The van der Waals surface area contributed by atoms with Crippen LogP contribution in [0.4, 0.5) is 0 Å². The van der Waals surface area contributed by atoms with Gasteiger partial charge in [-0.15, -0.1) is 12.4 Å². The minimum absolute atomic E-state index is 0. The second-order valence-corrected chi connectivity index (χ2v) is 15.1. The van der Waals surface area contributed by atoms with Gasteiger partial charge in [-0.05, 0) is 0 Å². The van der Waals surface area contributed by atoms with E-state index in [1.807, 2.05) is 0 Å². The zero-order valence-corrected chi connectivity index (χ0v) is 16.8. The molecule has 0 bridgehead atoms. The van der Waals surface area contributed by atoms with Crippen LogP contribution < -0.4 is 0 Å². The normalized spacial score (nSPS) is 10.7. The van der Waals surface area contributed by atoms with Crippen LogP contribution in [0.3, 0.4) is 0 Å². The molecule has 0 aliphatic heterocycles. The Balaban J connectivity index is 0. The van der Waals surface area contributed by atoms with Gasteiger partial charge in [0.1, 0.15) is 0 Å². The van der Waals surface area contributed by atoms with Crippen molar-refractivity contribution in [1.29, 1.82) is 0 Å². The Bertz CT molecular complexity index is 135. The van der Waals surface area contributed by atoms with Crippen LogP contribution in [-0.4, -0.2) is 19.8 Å². The number of hydrogen-bond donors (Lipinski definition) is 0. The van der Waals surface area contributed by atoms with E-state index < -0.39 is 19.8 Å². The van der Waals surface area contributed by atoms with Gasteiger partial charge in [0.05, 0.1) is 0 Å². The molecule has 0 aliphatic rings. The van der Waals surface area contributed by atoms with Crippen molar-refractivity contribution in [2.45, 2.75) is 98.3 Å². The van der Waals surface area contributed by atoms with Crippen molar-refractivity contribution >= 4 is 32.2 Å². The molecule has 1 radical (unpaired) electrons. The van der Waals surface area contributed by atoms with Gasteiger partial charge in [-0.25, -0.2) is 0 Å². The number of unbranched alkanes of at least 4 members (excludes halogenated alkanes) is 9. The van der Waals surface area contributed by atoms with Crippen LogP contribution in [-0.2, 0) is 0 Å². The maximum Gasteiger partial charge on any atom is -0.147 e. The van der Waals surface area contributed by atoms with Crippen molar-refractivity contribution in [2.24, 2.45) is 0 Å². The minimum Gasteiger partial charge on any atom is -0.147 e. The summed E-state index contributed by atoms with van der Waals surface area (Å²) in [6, 6.07) is 0. The Morgan fingerprint density at radius 2 is 0.944 bits per heavy atom. The zero-order valence-electron chi connectivity index (χ0n) is 13.1. The number of rotatable bonds is 13. The van der Waals surface area contributed by atoms with Gasteiger partial charge < -0.3 is 0 Å². The largest absolute Gasteiger partial charge is 0.147 e. The Hall–Kier alpha value is 1.09. The molecule has 0 spiro atoms. The second kappa shape index (κ2) is 18.1. The molecule has 0 amide bonds. The average molecular weight is 383 g/mol. The molecule has 0 saturated carbocycles. The van der Waals surface area contributed by atoms with Crippen LogP contribution in [0, 0.1) is 0 Å². The quantitative estimate of drug-likeness (QED) is 0.241. The maximum atomic E-state index is 2.43. The van der Waals surface area contributed by atoms with Gasteiger partial charge in [-0.3, -0.25) is 0 Å². The van der Waals surface area contributed by atoms with Gasteiger partial charge in [0.25, 0.3) is 0 Å². The molecule has 0 aliphatic carbocycles. The zero-order chi connectivity index (χ0) is 12.8. The van der Waals surface area contributed by atoms with Crippen LogP contribution >= 0.6 is 12.4 Å².